The fourth-order valence-electron chi connectivity index (χ4n) is 4.60. The van der Waals surface area contributed by atoms with Gasteiger partial charge in [-0.2, -0.15) is 0 Å². The van der Waals surface area contributed by atoms with Gasteiger partial charge in [0, 0.05) is 6.42 Å². The summed E-state index contributed by atoms with van der Waals surface area (Å²) in [5.41, 5.74) is 5.72. The summed E-state index contributed by atoms with van der Waals surface area (Å²) in [4.78, 5) is 11.0. The van der Waals surface area contributed by atoms with Gasteiger partial charge in [0.2, 0.25) is 5.91 Å². The fourth-order valence-corrected chi connectivity index (χ4v) is 4.60. The Hall–Kier alpha value is -0.530. The van der Waals surface area contributed by atoms with Crippen molar-refractivity contribution in [3.8, 4) is 0 Å². The van der Waals surface area contributed by atoms with Crippen molar-refractivity contribution in [2.75, 3.05) is 0 Å². The number of hydrogen-bond acceptors (Lipinski definition) is 1. The highest BCUT2D eigenvalue weighted by Gasteiger charge is 2.57. The first-order valence-electron chi connectivity index (χ1n) is 5.46. The Morgan fingerprint density at radius 3 is 2.38 bits per heavy atom. The molecule has 0 radical (unpaired) electrons. The molecule has 2 nitrogen and oxygen atoms in total. The van der Waals surface area contributed by atoms with Crippen LogP contribution < -0.4 is 5.73 Å². The normalized spacial score (nSPS) is 51.5. The molecule has 0 spiro atoms. The quantitative estimate of drug-likeness (QED) is 0.688. The van der Waals surface area contributed by atoms with E-state index in [4.69, 9.17) is 5.73 Å². The molecule has 0 aromatic heterocycles. The van der Waals surface area contributed by atoms with Crippen molar-refractivity contribution in [3.05, 3.63) is 0 Å². The van der Waals surface area contributed by atoms with Crippen LogP contribution >= 0.6 is 0 Å². The highest BCUT2D eigenvalue weighted by molar-refractivity contribution is 5.74. The van der Waals surface area contributed by atoms with Gasteiger partial charge in [-0.05, 0) is 55.3 Å². The molecular formula is C11H17NO. The minimum atomic E-state index is -0.0757. The van der Waals surface area contributed by atoms with Crippen LogP contribution in [-0.2, 0) is 4.79 Å². The van der Waals surface area contributed by atoms with E-state index in [9.17, 15) is 4.79 Å². The Labute approximate surface area is 78.9 Å². The minimum Gasteiger partial charge on any atom is -0.370 e. The van der Waals surface area contributed by atoms with E-state index in [1.165, 1.54) is 32.1 Å². The zero-order valence-electron chi connectivity index (χ0n) is 7.96. The Balaban J connectivity index is 1.88. The summed E-state index contributed by atoms with van der Waals surface area (Å²) < 4.78 is 0. The topological polar surface area (TPSA) is 43.1 Å². The van der Waals surface area contributed by atoms with Gasteiger partial charge in [0.05, 0.1) is 0 Å². The second kappa shape index (κ2) is 2.28. The molecule has 2 heteroatoms. The molecule has 4 aliphatic carbocycles. The number of primary amides is 1. The first-order valence-corrected chi connectivity index (χ1v) is 5.46. The lowest BCUT2D eigenvalue weighted by Gasteiger charge is -2.31. The Morgan fingerprint density at radius 2 is 1.85 bits per heavy atom. The predicted octanol–water partition coefficient (Wildman–Crippen LogP) is 1.69. The van der Waals surface area contributed by atoms with Gasteiger partial charge in [0.25, 0.3) is 0 Å². The highest BCUT2D eigenvalue weighted by atomic mass is 16.1. The summed E-state index contributed by atoms with van der Waals surface area (Å²) in [6.07, 6.45) is 7.50. The third-order valence-electron chi connectivity index (χ3n) is 4.69. The van der Waals surface area contributed by atoms with Crippen LogP contribution in [0.1, 0.15) is 38.5 Å². The molecule has 72 valence electrons. The van der Waals surface area contributed by atoms with Gasteiger partial charge >= 0.3 is 0 Å². The van der Waals surface area contributed by atoms with Crippen LogP contribution in [0.5, 0.6) is 0 Å². The number of carbonyl (C=O) groups is 1. The number of amides is 1. The van der Waals surface area contributed by atoms with Gasteiger partial charge in [-0.3, -0.25) is 4.79 Å². The summed E-state index contributed by atoms with van der Waals surface area (Å²) in [5, 5.41) is 0. The third kappa shape index (κ3) is 0.976. The predicted molar refractivity (Wildman–Crippen MR) is 49.8 cm³/mol. The van der Waals surface area contributed by atoms with E-state index in [2.05, 4.69) is 0 Å². The van der Waals surface area contributed by atoms with Crippen molar-refractivity contribution >= 4 is 5.91 Å². The van der Waals surface area contributed by atoms with Crippen LogP contribution in [0.2, 0.25) is 0 Å². The van der Waals surface area contributed by atoms with Crippen molar-refractivity contribution < 1.29 is 4.79 Å². The maximum atomic E-state index is 11.0. The van der Waals surface area contributed by atoms with E-state index in [0.717, 1.165) is 17.8 Å². The molecule has 0 aliphatic heterocycles. The van der Waals surface area contributed by atoms with Crippen LogP contribution in [0.3, 0.4) is 0 Å². The molecule has 2 N–H and O–H groups in total. The first-order chi connectivity index (χ1) is 6.18. The van der Waals surface area contributed by atoms with Gasteiger partial charge in [0.15, 0.2) is 0 Å². The van der Waals surface area contributed by atoms with Crippen LogP contribution in [0, 0.1) is 23.2 Å². The summed E-state index contributed by atoms with van der Waals surface area (Å²) in [5.74, 6) is 2.66. The van der Waals surface area contributed by atoms with Gasteiger partial charge < -0.3 is 5.73 Å². The standard InChI is InChI=1S/C11H17NO/c12-10(13)6-11-4-7-1-8(5-11)3-9(11)2-7/h7-9H,1-6H2,(H2,12,13). The van der Waals surface area contributed by atoms with Crippen molar-refractivity contribution in [1.29, 1.82) is 0 Å². The monoisotopic (exact) mass is 179 g/mol. The maximum Gasteiger partial charge on any atom is 0.217 e. The zero-order valence-corrected chi connectivity index (χ0v) is 7.96. The van der Waals surface area contributed by atoms with Crippen molar-refractivity contribution in [2.45, 2.75) is 38.5 Å². The van der Waals surface area contributed by atoms with Crippen molar-refractivity contribution in [2.24, 2.45) is 28.9 Å². The van der Waals surface area contributed by atoms with Gasteiger partial charge in [-0.25, -0.2) is 0 Å². The molecule has 4 fully saturated rings. The number of carbonyl (C=O) groups excluding carboxylic acids is 1. The SMILES string of the molecule is NC(=O)CC12CC3CC(CC1C3)C2. The summed E-state index contributed by atoms with van der Waals surface area (Å²) in [6.45, 7) is 0. The van der Waals surface area contributed by atoms with Crippen LogP contribution in [0.15, 0.2) is 0 Å². The molecule has 4 saturated carbocycles. The van der Waals surface area contributed by atoms with Crippen LogP contribution in [-0.4, -0.2) is 5.91 Å². The Bertz CT molecular complexity index is 247. The number of hydrogen-bond donors (Lipinski definition) is 1. The van der Waals surface area contributed by atoms with E-state index in [-0.39, 0.29) is 5.91 Å². The molecule has 0 aromatic carbocycles. The second-order valence-corrected chi connectivity index (χ2v) is 5.55. The summed E-state index contributed by atoms with van der Waals surface area (Å²) >= 11 is 0. The molecule has 4 rings (SSSR count). The lowest BCUT2D eigenvalue weighted by molar-refractivity contribution is -0.120. The molecule has 2 atom stereocenters. The molecule has 2 unspecified atom stereocenters. The Kier molecular flexibility index (Phi) is 1.38. The van der Waals surface area contributed by atoms with Gasteiger partial charge in [-0.15, -0.1) is 0 Å². The molecule has 0 aromatic rings. The smallest absolute Gasteiger partial charge is 0.217 e. The summed E-state index contributed by atoms with van der Waals surface area (Å²) in [7, 11) is 0. The molecule has 4 aliphatic rings. The maximum absolute atomic E-state index is 11.0. The van der Waals surface area contributed by atoms with E-state index in [0.29, 0.717) is 11.8 Å². The summed E-state index contributed by atoms with van der Waals surface area (Å²) in [6, 6.07) is 0. The molecule has 13 heavy (non-hydrogen) atoms. The first kappa shape index (κ1) is 7.84. The number of rotatable bonds is 2. The van der Waals surface area contributed by atoms with E-state index >= 15 is 0 Å². The van der Waals surface area contributed by atoms with E-state index in [1.807, 2.05) is 0 Å². The molecular weight excluding hydrogens is 162 g/mol. The highest BCUT2D eigenvalue weighted by Crippen LogP contribution is 2.66. The fraction of sp³-hybridized carbons (Fsp3) is 0.909. The minimum absolute atomic E-state index is 0.0757. The van der Waals surface area contributed by atoms with E-state index in [1.54, 1.807) is 0 Å². The molecule has 0 saturated heterocycles. The van der Waals surface area contributed by atoms with Gasteiger partial charge in [0.1, 0.15) is 0 Å². The van der Waals surface area contributed by atoms with E-state index < -0.39 is 0 Å². The lowest BCUT2D eigenvalue weighted by atomic mass is 9.73. The third-order valence-corrected chi connectivity index (χ3v) is 4.69. The molecule has 4 bridgehead atoms. The number of nitrogens with two attached hydrogens (primary N) is 1. The van der Waals surface area contributed by atoms with Crippen LogP contribution in [0.25, 0.3) is 0 Å². The van der Waals surface area contributed by atoms with Crippen molar-refractivity contribution in [1.82, 2.24) is 0 Å². The molecule has 0 heterocycles. The van der Waals surface area contributed by atoms with Crippen molar-refractivity contribution in [3.63, 3.8) is 0 Å². The average Bonchev–Trinajstić information content (AvgIpc) is 2.33. The Morgan fingerprint density at radius 1 is 1.23 bits per heavy atom. The second-order valence-electron chi connectivity index (χ2n) is 5.55. The average molecular weight is 179 g/mol. The lowest BCUT2D eigenvalue weighted by Crippen LogP contribution is -2.29. The van der Waals surface area contributed by atoms with Gasteiger partial charge in [-0.1, -0.05) is 0 Å². The largest absolute Gasteiger partial charge is 0.370 e. The molecule has 1 amide bonds. The van der Waals surface area contributed by atoms with Crippen LogP contribution in [0.4, 0.5) is 0 Å². The zero-order chi connectivity index (χ0) is 9.05.